The van der Waals surface area contributed by atoms with Gasteiger partial charge in [-0.1, -0.05) is 34.3 Å². The number of hydrogen-bond donors (Lipinski definition) is 0. The fourth-order valence-electron chi connectivity index (χ4n) is 2.15. The first-order valence-electron chi connectivity index (χ1n) is 6.40. The average Bonchev–Trinajstić information content (AvgIpc) is 2.86. The number of rotatable bonds is 1. The van der Waals surface area contributed by atoms with Crippen molar-refractivity contribution < 1.29 is 20.1 Å². The fraction of sp³-hybridized carbons (Fsp3) is 0.250. The van der Waals surface area contributed by atoms with Crippen LogP contribution in [0.15, 0.2) is 41.9 Å². The average molecular weight is 505 g/mol. The first kappa shape index (κ1) is 24.2. The molecule has 2 aromatic heterocycles. The molecule has 3 heteroatoms. The van der Waals surface area contributed by atoms with Gasteiger partial charge in [-0.05, 0) is 27.9 Å². The number of aromatic nitrogens is 1. The molecule has 1 aromatic carbocycles. The van der Waals surface area contributed by atoms with Crippen molar-refractivity contribution in [2.45, 2.75) is 33.6 Å². The molecule has 0 spiro atoms. The van der Waals surface area contributed by atoms with Gasteiger partial charge in [0.15, 0.2) is 0 Å². The van der Waals surface area contributed by atoms with E-state index in [0.717, 1.165) is 11.3 Å². The molecule has 0 fully saturated rings. The molecule has 23 heavy (non-hydrogen) atoms. The van der Waals surface area contributed by atoms with Crippen LogP contribution in [-0.2, 0) is 25.5 Å². The molecule has 3 aromatic rings. The Balaban J connectivity index is 0. The van der Waals surface area contributed by atoms with Crippen LogP contribution in [0.3, 0.4) is 0 Å². The second kappa shape index (κ2) is 9.32. The Morgan fingerprint density at radius 3 is 2.30 bits per heavy atom. The summed E-state index contributed by atoms with van der Waals surface area (Å²) in [6.45, 7) is 6.65. The first-order chi connectivity index (χ1) is 9.05. The first-order valence-corrected chi connectivity index (χ1v) is 7.28. The fourth-order valence-corrected chi connectivity index (χ4v) is 2.93. The number of pyridine rings is 1. The summed E-state index contributed by atoms with van der Waals surface area (Å²) in [5, 5.41) is 3.33. The molecule has 0 unspecified atom stereocenters. The Labute approximate surface area is 159 Å². The molecule has 0 aliphatic rings. The maximum atomic E-state index is 4.52. The molecular formula is C20H26IrNS. The number of fused-ring (bicyclic) bond motifs is 1. The maximum absolute atomic E-state index is 4.52. The van der Waals surface area contributed by atoms with Crippen LogP contribution in [0.2, 0.25) is 0 Å². The quantitative estimate of drug-likeness (QED) is 0.341. The van der Waals surface area contributed by atoms with E-state index in [1.54, 1.807) is 11.3 Å². The van der Waals surface area contributed by atoms with E-state index in [9.17, 15) is 0 Å². The standard InChI is InChI=1S/C17H16NS.CH4.2CH3.Ir/c1-17(2,3)13-6-4-12(5-7-13)16-14-9-11-19-15(14)8-10-18-16;;;;/h4,6-11H,1-3H3;1H4;2*1H3;/q-1;;2*-1;+3. The number of hydrogen-bond acceptors (Lipinski definition) is 2. The molecule has 0 aliphatic heterocycles. The van der Waals surface area contributed by atoms with Gasteiger partial charge in [-0.15, -0.1) is 46.7 Å². The zero-order valence-corrected chi connectivity index (χ0v) is 16.9. The predicted molar refractivity (Wildman–Crippen MR) is 102 cm³/mol. The van der Waals surface area contributed by atoms with Crippen molar-refractivity contribution in [1.82, 2.24) is 4.98 Å². The van der Waals surface area contributed by atoms with E-state index in [1.807, 2.05) is 6.20 Å². The van der Waals surface area contributed by atoms with E-state index in [-0.39, 0.29) is 47.8 Å². The molecule has 0 amide bonds. The van der Waals surface area contributed by atoms with Crippen molar-refractivity contribution >= 4 is 21.4 Å². The molecule has 1 nitrogen and oxygen atoms in total. The molecule has 0 atom stereocenters. The van der Waals surface area contributed by atoms with Crippen LogP contribution >= 0.6 is 11.3 Å². The van der Waals surface area contributed by atoms with Crippen molar-refractivity contribution in [3.8, 4) is 11.3 Å². The van der Waals surface area contributed by atoms with Gasteiger partial charge in [0, 0.05) is 10.9 Å². The van der Waals surface area contributed by atoms with E-state index in [4.69, 9.17) is 0 Å². The van der Waals surface area contributed by atoms with Crippen LogP contribution in [0.5, 0.6) is 0 Å². The van der Waals surface area contributed by atoms with Gasteiger partial charge in [-0.3, -0.25) is 0 Å². The molecular weight excluding hydrogens is 479 g/mol. The van der Waals surface area contributed by atoms with E-state index in [1.165, 1.54) is 15.6 Å². The van der Waals surface area contributed by atoms with Gasteiger partial charge in [0.1, 0.15) is 0 Å². The van der Waals surface area contributed by atoms with Crippen LogP contribution in [0.4, 0.5) is 0 Å². The van der Waals surface area contributed by atoms with Gasteiger partial charge < -0.3 is 19.8 Å². The minimum atomic E-state index is 0. The summed E-state index contributed by atoms with van der Waals surface area (Å²) < 4.78 is 1.28. The van der Waals surface area contributed by atoms with Gasteiger partial charge in [0.25, 0.3) is 0 Å². The SMILES string of the molecule is C.CC(C)(C)c1c[c-]c(-c2nccc3sccc23)cc1.[CH3-].[CH3-].[Ir+3]. The van der Waals surface area contributed by atoms with Gasteiger partial charge in [0.2, 0.25) is 0 Å². The molecule has 126 valence electrons. The molecule has 0 N–H and O–H groups in total. The van der Waals surface area contributed by atoms with Crippen LogP contribution in [0.25, 0.3) is 21.3 Å². The Hall–Kier alpha value is -1.02. The smallest absolute Gasteiger partial charge is 0.358 e. The van der Waals surface area contributed by atoms with Gasteiger partial charge in [-0.2, -0.15) is 0 Å². The third-order valence-corrected chi connectivity index (χ3v) is 4.20. The van der Waals surface area contributed by atoms with Crippen LogP contribution in [0.1, 0.15) is 33.8 Å². The van der Waals surface area contributed by atoms with Crippen molar-refractivity contribution in [1.29, 1.82) is 0 Å². The zero-order valence-electron chi connectivity index (χ0n) is 13.7. The van der Waals surface area contributed by atoms with Crippen molar-refractivity contribution in [2.75, 3.05) is 0 Å². The van der Waals surface area contributed by atoms with Crippen LogP contribution in [-0.4, -0.2) is 4.98 Å². The normalized spacial score (nSPS) is 9.87. The second-order valence-electron chi connectivity index (χ2n) is 5.73. The largest absolute Gasteiger partial charge is 3.00 e. The molecule has 3 rings (SSSR count). The summed E-state index contributed by atoms with van der Waals surface area (Å²) in [7, 11) is 0. The molecule has 0 radical (unpaired) electrons. The van der Waals surface area contributed by atoms with Crippen molar-refractivity contribution in [3.05, 3.63) is 68.4 Å². The summed E-state index contributed by atoms with van der Waals surface area (Å²) in [5.74, 6) is 0. The predicted octanol–water partition coefficient (Wildman–Crippen LogP) is 6.60. The van der Waals surface area contributed by atoms with E-state index < -0.39 is 0 Å². The molecule has 0 bridgehead atoms. The topological polar surface area (TPSA) is 12.9 Å². The minimum absolute atomic E-state index is 0. The summed E-state index contributed by atoms with van der Waals surface area (Å²) in [6, 6.07) is 14.0. The van der Waals surface area contributed by atoms with Gasteiger partial charge in [0.05, 0.1) is 0 Å². The van der Waals surface area contributed by atoms with Crippen LogP contribution in [0, 0.1) is 20.9 Å². The van der Waals surface area contributed by atoms with Crippen molar-refractivity contribution in [2.24, 2.45) is 0 Å². The van der Waals surface area contributed by atoms with E-state index in [2.05, 4.69) is 67.5 Å². The number of nitrogens with zero attached hydrogens (tertiary/aromatic N) is 1. The zero-order chi connectivity index (χ0) is 13.5. The molecule has 0 saturated carbocycles. The summed E-state index contributed by atoms with van der Waals surface area (Å²) in [6.07, 6.45) is 1.87. The summed E-state index contributed by atoms with van der Waals surface area (Å²) in [4.78, 5) is 4.52. The van der Waals surface area contributed by atoms with Crippen molar-refractivity contribution in [3.63, 3.8) is 0 Å². The maximum Gasteiger partial charge on any atom is 3.00 e. The summed E-state index contributed by atoms with van der Waals surface area (Å²) in [5.41, 5.74) is 3.56. The Morgan fingerprint density at radius 2 is 1.74 bits per heavy atom. The third kappa shape index (κ3) is 4.97. The van der Waals surface area contributed by atoms with Gasteiger partial charge >= 0.3 is 20.1 Å². The number of thiophene rings is 1. The monoisotopic (exact) mass is 505 g/mol. The van der Waals surface area contributed by atoms with E-state index in [0.29, 0.717) is 0 Å². The Morgan fingerprint density at radius 1 is 1.04 bits per heavy atom. The Kier molecular flexibility index (Phi) is 9.82. The van der Waals surface area contributed by atoms with Crippen LogP contribution < -0.4 is 0 Å². The second-order valence-corrected chi connectivity index (χ2v) is 6.68. The number of benzene rings is 1. The summed E-state index contributed by atoms with van der Waals surface area (Å²) >= 11 is 1.75. The van der Waals surface area contributed by atoms with E-state index >= 15 is 0 Å². The molecule has 0 aliphatic carbocycles. The molecule has 0 saturated heterocycles. The minimum Gasteiger partial charge on any atom is -0.358 e. The Bertz CT molecular complexity index is 708. The van der Waals surface area contributed by atoms with Gasteiger partial charge in [-0.25, -0.2) is 0 Å². The third-order valence-electron chi connectivity index (χ3n) is 3.31. The molecule has 2 heterocycles.